The number of nitrogens with one attached hydrogen (secondary N) is 2. The Morgan fingerprint density at radius 1 is 1.14 bits per heavy atom. The van der Waals surface area contributed by atoms with E-state index in [-0.39, 0.29) is 5.91 Å². The number of benzene rings is 2. The fraction of sp³-hybridized carbons (Fsp3) is 0.133. The second kappa shape index (κ2) is 6.50. The smallest absolute Gasteiger partial charge is 0.255 e. The van der Waals surface area contributed by atoms with Crippen LogP contribution in [0.5, 0.6) is 0 Å². The molecule has 0 saturated heterocycles. The van der Waals surface area contributed by atoms with Gasteiger partial charge in [0.15, 0.2) is 0 Å². The molecule has 0 aliphatic heterocycles. The molecule has 2 aromatic carbocycles. The standard InChI is InChI=1S/C15H15BrN2O3S/c1-10-6-7-13(9-14(10)18-22(2,20)21)17-15(19)11-4-3-5-12(16)8-11/h3-9,18H,1-2H3,(H,17,19). The molecule has 22 heavy (non-hydrogen) atoms. The van der Waals surface area contributed by atoms with Crippen LogP contribution in [0.15, 0.2) is 46.9 Å². The molecule has 5 nitrogen and oxygen atoms in total. The Kier molecular flexibility index (Phi) is 4.87. The first-order chi connectivity index (χ1) is 10.2. The molecule has 0 spiro atoms. The Hall–Kier alpha value is -1.86. The lowest BCUT2D eigenvalue weighted by molar-refractivity contribution is 0.102. The lowest BCUT2D eigenvalue weighted by Gasteiger charge is -2.11. The first-order valence-corrected chi connectivity index (χ1v) is 9.08. The largest absolute Gasteiger partial charge is 0.322 e. The highest BCUT2D eigenvalue weighted by Gasteiger charge is 2.09. The summed E-state index contributed by atoms with van der Waals surface area (Å²) in [7, 11) is -3.37. The van der Waals surface area contributed by atoms with Gasteiger partial charge in [0.2, 0.25) is 10.0 Å². The Bertz CT molecular complexity index is 819. The van der Waals surface area contributed by atoms with E-state index in [1.165, 1.54) is 0 Å². The van der Waals surface area contributed by atoms with Crippen LogP contribution in [0, 0.1) is 6.92 Å². The molecule has 1 amide bonds. The van der Waals surface area contributed by atoms with Gasteiger partial charge in [-0.05, 0) is 42.8 Å². The average molecular weight is 383 g/mol. The topological polar surface area (TPSA) is 75.3 Å². The number of sulfonamides is 1. The van der Waals surface area contributed by atoms with Crippen LogP contribution in [-0.2, 0) is 10.0 Å². The molecule has 0 aromatic heterocycles. The van der Waals surface area contributed by atoms with E-state index in [4.69, 9.17) is 0 Å². The summed E-state index contributed by atoms with van der Waals surface area (Å²) in [6, 6.07) is 12.1. The van der Waals surface area contributed by atoms with Crippen molar-refractivity contribution in [2.75, 3.05) is 16.3 Å². The van der Waals surface area contributed by atoms with Crippen LogP contribution in [-0.4, -0.2) is 20.6 Å². The van der Waals surface area contributed by atoms with Crippen LogP contribution in [0.4, 0.5) is 11.4 Å². The van der Waals surface area contributed by atoms with E-state index in [2.05, 4.69) is 26.0 Å². The SMILES string of the molecule is Cc1ccc(NC(=O)c2cccc(Br)c2)cc1NS(C)(=O)=O. The van der Waals surface area contributed by atoms with Gasteiger partial charge in [-0.15, -0.1) is 0 Å². The second-order valence-electron chi connectivity index (χ2n) is 4.87. The van der Waals surface area contributed by atoms with Crippen molar-refractivity contribution in [1.82, 2.24) is 0 Å². The first-order valence-electron chi connectivity index (χ1n) is 6.40. The monoisotopic (exact) mass is 382 g/mol. The maximum Gasteiger partial charge on any atom is 0.255 e. The summed E-state index contributed by atoms with van der Waals surface area (Å²) < 4.78 is 25.9. The van der Waals surface area contributed by atoms with Crippen molar-refractivity contribution in [2.24, 2.45) is 0 Å². The Morgan fingerprint density at radius 3 is 2.50 bits per heavy atom. The summed E-state index contributed by atoms with van der Waals surface area (Å²) in [5.41, 5.74) is 2.23. The lowest BCUT2D eigenvalue weighted by atomic mass is 10.1. The van der Waals surface area contributed by atoms with Crippen molar-refractivity contribution in [1.29, 1.82) is 0 Å². The number of carbonyl (C=O) groups is 1. The zero-order valence-electron chi connectivity index (χ0n) is 12.1. The number of aryl methyl sites for hydroxylation is 1. The summed E-state index contributed by atoms with van der Waals surface area (Å²) >= 11 is 3.31. The van der Waals surface area contributed by atoms with Crippen molar-refractivity contribution < 1.29 is 13.2 Å². The van der Waals surface area contributed by atoms with E-state index < -0.39 is 10.0 Å². The molecular weight excluding hydrogens is 368 g/mol. The van der Waals surface area contributed by atoms with E-state index in [0.717, 1.165) is 16.3 Å². The summed E-state index contributed by atoms with van der Waals surface area (Å²) in [5, 5.41) is 2.74. The van der Waals surface area contributed by atoms with Crippen molar-refractivity contribution >= 4 is 43.2 Å². The van der Waals surface area contributed by atoms with E-state index in [1.54, 1.807) is 43.3 Å². The molecule has 0 saturated carbocycles. The third-order valence-corrected chi connectivity index (χ3v) is 3.96. The number of rotatable bonds is 4. The first kappa shape index (κ1) is 16.5. The summed E-state index contributed by atoms with van der Waals surface area (Å²) in [5.74, 6) is -0.268. The van der Waals surface area contributed by atoms with Crippen molar-refractivity contribution in [3.63, 3.8) is 0 Å². The molecule has 0 unspecified atom stereocenters. The summed E-state index contributed by atoms with van der Waals surface area (Å²) in [6.45, 7) is 1.79. The minimum absolute atomic E-state index is 0.268. The molecule has 0 bridgehead atoms. The maximum absolute atomic E-state index is 12.2. The van der Waals surface area contributed by atoms with Crippen LogP contribution >= 0.6 is 15.9 Å². The van der Waals surface area contributed by atoms with Crippen LogP contribution in [0.1, 0.15) is 15.9 Å². The zero-order chi connectivity index (χ0) is 16.3. The third kappa shape index (κ3) is 4.57. The molecule has 0 radical (unpaired) electrons. The fourth-order valence-electron chi connectivity index (χ4n) is 1.84. The highest BCUT2D eigenvalue weighted by molar-refractivity contribution is 9.10. The zero-order valence-corrected chi connectivity index (χ0v) is 14.5. The minimum atomic E-state index is -3.37. The van der Waals surface area contributed by atoms with Gasteiger partial charge >= 0.3 is 0 Å². The molecule has 0 aliphatic rings. The third-order valence-electron chi connectivity index (χ3n) is 2.88. The summed E-state index contributed by atoms with van der Waals surface area (Å²) in [4.78, 5) is 12.2. The average Bonchev–Trinajstić information content (AvgIpc) is 2.41. The number of amides is 1. The van der Waals surface area contributed by atoms with Gasteiger partial charge < -0.3 is 5.32 Å². The van der Waals surface area contributed by atoms with Crippen LogP contribution in [0.3, 0.4) is 0 Å². The van der Waals surface area contributed by atoms with Crippen molar-refractivity contribution in [2.45, 2.75) is 6.92 Å². The highest BCUT2D eigenvalue weighted by atomic mass is 79.9. The molecule has 0 heterocycles. The Morgan fingerprint density at radius 2 is 1.86 bits per heavy atom. The maximum atomic E-state index is 12.2. The summed E-state index contributed by atoms with van der Waals surface area (Å²) in [6.07, 6.45) is 1.08. The van der Waals surface area contributed by atoms with Crippen LogP contribution < -0.4 is 10.0 Å². The number of carbonyl (C=O) groups excluding carboxylic acids is 1. The van der Waals surface area contributed by atoms with Gasteiger partial charge in [0.25, 0.3) is 5.91 Å². The molecule has 0 atom stereocenters. The molecular formula is C15H15BrN2O3S. The predicted octanol–water partition coefficient (Wildman–Crippen LogP) is 3.38. The molecule has 116 valence electrons. The molecule has 2 N–H and O–H groups in total. The van der Waals surface area contributed by atoms with Crippen LogP contribution in [0.2, 0.25) is 0 Å². The Balaban J connectivity index is 2.23. The van der Waals surface area contributed by atoms with Gasteiger partial charge in [0.05, 0.1) is 11.9 Å². The number of hydrogen-bond donors (Lipinski definition) is 2. The predicted molar refractivity (Wildman–Crippen MR) is 91.7 cm³/mol. The molecule has 2 rings (SSSR count). The minimum Gasteiger partial charge on any atom is -0.322 e. The molecule has 7 heteroatoms. The van der Waals surface area contributed by atoms with Crippen molar-refractivity contribution in [3.05, 3.63) is 58.1 Å². The lowest BCUT2D eigenvalue weighted by Crippen LogP contribution is -2.14. The van der Waals surface area contributed by atoms with E-state index in [9.17, 15) is 13.2 Å². The van der Waals surface area contributed by atoms with Gasteiger partial charge in [-0.3, -0.25) is 9.52 Å². The van der Waals surface area contributed by atoms with E-state index in [0.29, 0.717) is 16.9 Å². The quantitative estimate of drug-likeness (QED) is 0.850. The highest BCUT2D eigenvalue weighted by Crippen LogP contribution is 2.22. The molecule has 0 aliphatic carbocycles. The molecule has 2 aromatic rings. The van der Waals surface area contributed by atoms with Gasteiger partial charge in [0.1, 0.15) is 0 Å². The Labute approximate surface area is 137 Å². The van der Waals surface area contributed by atoms with Gasteiger partial charge in [-0.2, -0.15) is 0 Å². The van der Waals surface area contributed by atoms with Crippen LogP contribution in [0.25, 0.3) is 0 Å². The second-order valence-corrected chi connectivity index (χ2v) is 7.53. The number of halogens is 1. The van der Waals surface area contributed by atoms with E-state index in [1.807, 2.05) is 6.07 Å². The fourth-order valence-corrected chi connectivity index (χ4v) is 2.86. The van der Waals surface area contributed by atoms with Gasteiger partial charge in [-0.1, -0.05) is 28.1 Å². The van der Waals surface area contributed by atoms with Gasteiger partial charge in [0, 0.05) is 15.7 Å². The normalized spacial score (nSPS) is 11.0. The van der Waals surface area contributed by atoms with Gasteiger partial charge in [-0.25, -0.2) is 8.42 Å². The number of hydrogen-bond acceptors (Lipinski definition) is 3. The van der Waals surface area contributed by atoms with E-state index >= 15 is 0 Å². The number of anilines is 2. The van der Waals surface area contributed by atoms with Crippen molar-refractivity contribution in [3.8, 4) is 0 Å². The molecule has 0 fully saturated rings.